The number of carbonyl (C=O) groups is 1. The van der Waals surface area contributed by atoms with Gasteiger partial charge in [0.25, 0.3) is 5.91 Å². The molecule has 0 bridgehead atoms. The number of rotatable bonds is 6. The van der Waals surface area contributed by atoms with E-state index in [0.717, 1.165) is 0 Å². The van der Waals surface area contributed by atoms with E-state index in [4.69, 9.17) is 4.74 Å². The SMILES string of the molecule is CC(O)CN(C(=O)c1ccc(Oc2cccnc2)cc1)C(C)C. The second kappa shape index (κ2) is 7.74. The highest BCUT2D eigenvalue weighted by atomic mass is 16.5. The van der Waals surface area contributed by atoms with Gasteiger partial charge in [-0.15, -0.1) is 0 Å². The van der Waals surface area contributed by atoms with Crippen molar-refractivity contribution in [2.45, 2.75) is 32.9 Å². The molecular formula is C18H22N2O3. The lowest BCUT2D eigenvalue weighted by molar-refractivity contribution is 0.0579. The third-order valence-electron chi connectivity index (χ3n) is 3.32. The van der Waals surface area contributed by atoms with Gasteiger partial charge in [0.1, 0.15) is 11.5 Å². The Morgan fingerprint density at radius 2 is 1.87 bits per heavy atom. The van der Waals surface area contributed by atoms with E-state index in [1.54, 1.807) is 54.5 Å². The molecule has 1 amide bonds. The second-order valence-electron chi connectivity index (χ2n) is 5.72. The predicted octanol–water partition coefficient (Wildman–Crippen LogP) is 3.11. The zero-order chi connectivity index (χ0) is 16.8. The maximum absolute atomic E-state index is 12.6. The van der Waals surface area contributed by atoms with Crippen molar-refractivity contribution >= 4 is 5.91 Å². The first-order valence-corrected chi connectivity index (χ1v) is 7.64. The van der Waals surface area contributed by atoms with E-state index >= 15 is 0 Å². The van der Waals surface area contributed by atoms with Crippen LogP contribution >= 0.6 is 0 Å². The van der Waals surface area contributed by atoms with Crippen LogP contribution in [0.4, 0.5) is 0 Å². The first-order valence-electron chi connectivity index (χ1n) is 7.64. The van der Waals surface area contributed by atoms with Crippen LogP contribution < -0.4 is 4.74 Å². The zero-order valence-corrected chi connectivity index (χ0v) is 13.6. The Morgan fingerprint density at radius 1 is 1.17 bits per heavy atom. The Hall–Kier alpha value is -2.40. The molecule has 23 heavy (non-hydrogen) atoms. The van der Waals surface area contributed by atoms with Crippen LogP contribution in [0.5, 0.6) is 11.5 Å². The van der Waals surface area contributed by atoms with E-state index in [9.17, 15) is 9.90 Å². The molecule has 0 aliphatic rings. The fourth-order valence-corrected chi connectivity index (χ4v) is 2.19. The van der Waals surface area contributed by atoms with Crippen molar-refractivity contribution < 1.29 is 14.6 Å². The zero-order valence-electron chi connectivity index (χ0n) is 13.6. The summed E-state index contributed by atoms with van der Waals surface area (Å²) in [6, 6.07) is 10.6. The molecule has 1 heterocycles. The largest absolute Gasteiger partial charge is 0.456 e. The van der Waals surface area contributed by atoms with Crippen LogP contribution in [0.25, 0.3) is 0 Å². The van der Waals surface area contributed by atoms with Gasteiger partial charge in [-0.3, -0.25) is 9.78 Å². The van der Waals surface area contributed by atoms with Crippen molar-refractivity contribution in [2.75, 3.05) is 6.54 Å². The van der Waals surface area contributed by atoms with Crippen molar-refractivity contribution in [3.63, 3.8) is 0 Å². The molecule has 1 aromatic heterocycles. The summed E-state index contributed by atoms with van der Waals surface area (Å²) in [6.07, 6.45) is 2.74. The summed E-state index contributed by atoms with van der Waals surface area (Å²) in [5, 5.41) is 9.56. The van der Waals surface area contributed by atoms with Crippen LogP contribution in [0, 0.1) is 0 Å². The molecule has 0 aliphatic carbocycles. The normalized spacial score (nSPS) is 12.0. The first kappa shape index (κ1) is 17.0. The molecule has 0 aliphatic heterocycles. The summed E-state index contributed by atoms with van der Waals surface area (Å²) >= 11 is 0. The molecule has 0 saturated heterocycles. The molecule has 1 unspecified atom stereocenters. The third-order valence-corrected chi connectivity index (χ3v) is 3.32. The summed E-state index contributed by atoms with van der Waals surface area (Å²) in [7, 11) is 0. The van der Waals surface area contributed by atoms with Crippen molar-refractivity contribution in [1.82, 2.24) is 9.88 Å². The van der Waals surface area contributed by atoms with Gasteiger partial charge in [0.05, 0.1) is 12.3 Å². The van der Waals surface area contributed by atoms with Crippen molar-refractivity contribution in [1.29, 1.82) is 0 Å². The maximum Gasteiger partial charge on any atom is 0.254 e. The number of hydrogen-bond donors (Lipinski definition) is 1. The summed E-state index contributed by atoms with van der Waals surface area (Å²) < 4.78 is 5.66. The van der Waals surface area contributed by atoms with E-state index in [0.29, 0.717) is 23.6 Å². The van der Waals surface area contributed by atoms with Crippen LogP contribution in [0.1, 0.15) is 31.1 Å². The number of aromatic nitrogens is 1. The Morgan fingerprint density at radius 3 is 2.39 bits per heavy atom. The van der Waals surface area contributed by atoms with E-state index in [2.05, 4.69) is 4.98 Å². The highest BCUT2D eigenvalue weighted by Crippen LogP contribution is 2.21. The number of carbonyl (C=O) groups excluding carboxylic acids is 1. The molecule has 0 spiro atoms. The minimum absolute atomic E-state index is 0.0171. The van der Waals surface area contributed by atoms with Gasteiger partial charge in [-0.2, -0.15) is 0 Å². The van der Waals surface area contributed by atoms with E-state index < -0.39 is 6.10 Å². The molecule has 0 fully saturated rings. The Kier molecular flexibility index (Phi) is 5.71. The molecule has 2 aromatic rings. The quantitative estimate of drug-likeness (QED) is 0.890. The monoisotopic (exact) mass is 314 g/mol. The molecule has 0 radical (unpaired) electrons. The van der Waals surface area contributed by atoms with Crippen LogP contribution in [0.15, 0.2) is 48.8 Å². The minimum atomic E-state index is -0.561. The van der Waals surface area contributed by atoms with Gasteiger partial charge in [-0.25, -0.2) is 0 Å². The average Bonchev–Trinajstić information content (AvgIpc) is 2.53. The van der Waals surface area contributed by atoms with E-state index in [-0.39, 0.29) is 11.9 Å². The van der Waals surface area contributed by atoms with E-state index in [1.165, 1.54) is 0 Å². The van der Waals surface area contributed by atoms with E-state index in [1.807, 2.05) is 19.9 Å². The number of aliphatic hydroxyl groups is 1. The number of aliphatic hydroxyl groups excluding tert-OH is 1. The standard InChI is InChI=1S/C18H22N2O3/c1-13(2)20(12-14(3)21)18(22)15-6-8-16(9-7-15)23-17-5-4-10-19-11-17/h4-11,13-14,21H,12H2,1-3H3. The van der Waals surface area contributed by atoms with Gasteiger partial charge in [0.15, 0.2) is 0 Å². The predicted molar refractivity (Wildman–Crippen MR) is 88.6 cm³/mol. The summed E-state index contributed by atoms with van der Waals surface area (Å²) in [5.74, 6) is 1.18. The Bertz CT molecular complexity index is 624. The lowest BCUT2D eigenvalue weighted by Crippen LogP contribution is -2.41. The maximum atomic E-state index is 12.6. The Balaban J connectivity index is 2.10. The smallest absolute Gasteiger partial charge is 0.254 e. The fraction of sp³-hybridized carbons (Fsp3) is 0.333. The van der Waals surface area contributed by atoms with Gasteiger partial charge in [-0.05, 0) is 57.2 Å². The molecule has 1 atom stereocenters. The Labute approximate surface area is 136 Å². The molecule has 2 rings (SSSR count). The van der Waals surface area contributed by atoms with Crippen LogP contribution in [0.2, 0.25) is 0 Å². The highest BCUT2D eigenvalue weighted by Gasteiger charge is 2.20. The second-order valence-corrected chi connectivity index (χ2v) is 5.72. The van der Waals surface area contributed by atoms with Gasteiger partial charge in [-0.1, -0.05) is 0 Å². The average molecular weight is 314 g/mol. The van der Waals surface area contributed by atoms with Gasteiger partial charge in [0.2, 0.25) is 0 Å². The molecule has 5 nitrogen and oxygen atoms in total. The minimum Gasteiger partial charge on any atom is -0.456 e. The van der Waals surface area contributed by atoms with Gasteiger partial charge >= 0.3 is 0 Å². The lowest BCUT2D eigenvalue weighted by Gasteiger charge is -2.28. The fourth-order valence-electron chi connectivity index (χ4n) is 2.19. The molecule has 0 saturated carbocycles. The number of benzene rings is 1. The number of pyridine rings is 1. The van der Waals surface area contributed by atoms with Crippen LogP contribution in [0.3, 0.4) is 0 Å². The molecular weight excluding hydrogens is 292 g/mol. The highest BCUT2D eigenvalue weighted by molar-refractivity contribution is 5.94. The number of nitrogens with zero attached hydrogens (tertiary/aromatic N) is 2. The number of amides is 1. The molecule has 5 heteroatoms. The molecule has 122 valence electrons. The van der Waals surface area contributed by atoms with Gasteiger partial charge < -0.3 is 14.7 Å². The lowest BCUT2D eigenvalue weighted by atomic mass is 10.1. The van der Waals surface area contributed by atoms with Crippen LogP contribution in [-0.2, 0) is 0 Å². The van der Waals surface area contributed by atoms with Gasteiger partial charge in [0, 0.05) is 24.3 Å². The number of hydrogen-bond acceptors (Lipinski definition) is 4. The van der Waals surface area contributed by atoms with Crippen molar-refractivity contribution in [3.05, 3.63) is 54.4 Å². The third kappa shape index (κ3) is 4.79. The number of ether oxygens (including phenoxy) is 1. The first-order chi connectivity index (χ1) is 11.0. The molecule has 1 aromatic carbocycles. The van der Waals surface area contributed by atoms with Crippen molar-refractivity contribution in [3.8, 4) is 11.5 Å². The summed E-state index contributed by atoms with van der Waals surface area (Å²) in [4.78, 5) is 18.2. The van der Waals surface area contributed by atoms with Crippen LogP contribution in [-0.4, -0.2) is 39.6 Å². The van der Waals surface area contributed by atoms with Crippen molar-refractivity contribution in [2.24, 2.45) is 0 Å². The topological polar surface area (TPSA) is 62.7 Å². The summed E-state index contributed by atoms with van der Waals surface area (Å²) in [5.41, 5.74) is 0.567. The summed E-state index contributed by atoms with van der Waals surface area (Å²) in [6.45, 7) is 5.85. The molecule has 1 N–H and O–H groups in total.